The van der Waals surface area contributed by atoms with Gasteiger partial charge in [-0.3, -0.25) is 4.98 Å². The van der Waals surface area contributed by atoms with E-state index in [4.69, 9.17) is 18.2 Å². The summed E-state index contributed by atoms with van der Waals surface area (Å²) in [5.74, 6) is 0.882. The highest BCUT2D eigenvalue weighted by Gasteiger charge is 2.61. The Morgan fingerprint density at radius 1 is 1.27 bits per heavy atom. The van der Waals surface area contributed by atoms with Crippen LogP contribution in [0.4, 0.5) is 10.1 Å². The number of aliphatic hydroxyl groups is 1. The van der Waals surface area contributed by atoms with Crippen LogP contribution in [0.15, 0.2) is 30.6 Å². The van der Waals surface area contributed by atoms with Crippen LogP contribution in [-0.2, 0) is 12.8 Å². The first-order valence-electron chi connectivity index (χ1n) is 10.9. The highest BCUT2D eigenvalue weighted by molar-refractivity contribution is 6.31. The molecule has 5 heteroatoms. The van der Waals surface area contributed by atoms with Crippen LogP contribution in [0.3, 0.4) is 0 Å². The Balaban J connectivity index is 1.47. The summed E-state index contributed by atoms with van der Waals surface area (Å²) in [7, 11) is 0. The molecule has 3 aliphatic carbocycles. The fourth-order valence-electron chi connectivity index (χ4n) is 6.96. The Morgan fingerprint density at radius 3 is 2.87 bits per heavy atom. The highest BCUT2D eigenvalue weighted by Crippen LogP contribution is 2.65. The van der Waals surface area contributed by atoms with Crippen LogP contribution >= 0.6 is 11.6 Å². The maximum atomic E-state index is 14.8. The second-order valence-electron chi connectivity index (χ2n) is 9.66. The third-order valence-corrected chi connectivity index (χ3v) is 8.95. The molecular weight excluding hydrogens is 399 g/mol. The van der Waals surface area contributed by atoms with Gasteiger partial charge in [-0.25, -0.2) is 9.24 Å². The summed E-state index contributed by atoms with van der Waals surface area (Å²) in [5, 5.41) is 12.5. The lowest BCUT2D eigenvalue weighted by Crippen LogP contribution is -2.52. The van der Waals surface area contributed by atoms with Crippen molar-refractivity contribution < 1.29 is 9.50 Å². The minimum Gasteiger partial charge on any atom is -0.389 e. The molecule has 3 aliphatic rings. The van der Waals surface area contributed by atoms with Gasteiger partial charge < -0.3 is 5.11 Å². The Labute approximate surface area is 182 Å². The van der Waals surface area contributed by atoms with Gasteiger partial charge >= 0.3 is 0 Å². The molecular formula is C25H26ClFN2O. The highest BCUT2D eigenvalue weighted by atomic mass is 35.5. The van der Waals surface area contributed by atoms with Crippen molar-refractivity contribution >= 4 is 17.3 Å². The Bertz CT molecular complexity index is 1050. The molecule has 0 amide bonds. The van der Waals surface area contributed by atoms with E-state index in [1.165, 1.54) is 0 Å². The van der Waals surface area contributed by atoms with Gasteiger partial charge in [-0.2, -0.15) is 0 Å². The Morgan fingerprint density at radius 2 is 2.10 bits per heavy atom. The van der Waals surface area contributed by atoms with E-state index in [9.17, 15) is 9.50 Å². The molecule has 3 unspecified atom stereocenters. The molecule has 5 rings (SSSR count). The molecule has 156 valence electrons. The normalized spacial score (nSPS) is 34.6. The summed E-state index contributed by atoms with van der Waals surface area (Å²) >= 11 is 6.36. The molecule has 5 atom stereocenters. The van der Waals surface area contributed by atoms with Crippen LogP contribution in [0.25, 0.3) is 4.85 Å². The van der Waals surface area contributed by atoms with Crippen molar-refractivity contribution in [2.45, 2.75) is 63.4 Å². The number of pyridine rings is 1. The fourth-order valence-corrected chi connectivity index (χ4v) is 7.15. The van der Waals surface area contributed by atoms with Gasteiger partial charge in [0.05, 0.1) is 17.2 Å². The molecule has 2 aromatic rings. The molecule has 0 spiro atoms. The molecule has 1 N–H and O–H groups in total. The van der Waals surface area contributed by atoms with Crippen LogP contribution in [0.1, 0.15) is 61.6 Å². The monoisotopic (exact) mass is 424 g/mol. The van der Waals surface area contributed by atoms with E-state index in [2.05, 4.69) is 16.8 Å². The largest absolute Gasteiger partial charge is 0.389 e. The quantitative estimate of drug-likeness (QED) is 0.578. The minimum absolute atomic E-state index is 0.136. The van der Waals surface area contributed by atoms with Crippen molar-refractivity contribution in [1.29, 1.82) is 0 Å². The standard InChI is InChI=1S/C25H26ClFN2O/c1-24-10-7-17-16-5-6-22(28-2)23(27)19(16)4-3-18(17)20(24)8-11-25(24,30)13-15-9-12-29-14-21(15)26/h5-6,9,12,14,17-18,20,30H,3-4,7-8,10-11,13H2,1H3/t17?,18?,20?,24-,25+/m0/s1. The van der Waals surface area contributed by atoms with Crippen LogP contribution in [0, 0.1) is 29.6 Å². The van der Waals surface area contributed by atoms with Gasteiger partial charge in [0, 0.05) is 18.8 Å². The predicted molar refractivity (Wildman–Crippen MR) is 115 cm³/mol. The van der Waals surface area contributed by atoms with E-state index in [0.29, 0.717) is 35.6 Å². The first kappa shape index (κ1) is 20.0. The van der Waals surface area contributed by atoms with E-state index >= 15 is 0 Å². The topological polar surface area (TPSA) is 37.5 Å². The summed E-state index contributed by atoms with van der Waals surface area (Å²) in [6.07, 6.45) is 9.20. The maximum absolute atomic E-state index is 14.8. The molecule has 0 bridgehead atoms. The molecule has 2 fully saturated rings. The second kappa shape index (κ2) is 7.04. The zero-order valence-corrected chi connectivity index (χ0v) is 17.9. The number of benzene rings is 1. The van der Waals surface area contributed by atoms with Crippen molar-refractivity contribution in [1.82, 2.24) is 4.98 Å². The molecule has 2 saturated carbocycles. The lowest BCUT2D eigenvalue weighted by molar-refractivity contribution is -0.102. The Kier molecular flexibility index (Phi) is 4.69. The lowest BCUT2D eigenvalue weighted by Gasteiger charge is -2.53. The summed E-state index contributed by atoms with van der Waals surface area (Å²) in [5.41, 5.74) is 2.00. The summed E-state index contributed by atoms with van der Waals surface area (Å²) < 4.78 is 14.8. The molecule has 1 heterocycles. The van der Waals surface area contributed by atoms with Crippen molar-refractivity contribution in [3.05, 3.63) is 69.5 Å². The van der Waals surface area contributed by atoms with E-state index in [-0.39, 0.29) is 16.9 Å². The predicted octanol–water partition coefficient (Wildman–Crippen LogP) is 6.25. The van der Waals surface area contributed by atoms with Crippen molar-refractivity contribution in [2.75, 3.05) is 0 Å². The second-order valence-corrected chi connectivity index (χ2v) is 10.1. The van der Waals surface area contributed by atoms with Crippen LogP contribution in [-0.4, -0.2) is 15.7 Å². The number of rotatable bonds is 2. The number of aromatic nitrogens is 1. The maximum Gasteiger partial charge on any atom is 0.222 e. The van der Waals surface area contributed by atoms with Gasteiger partial charge in [-0.05, 0) is 84.5 Å². The molecule has 1 aromatic carbocycles. The van der Waals surface area contributed by atoms with Gasteiger partial charge in [0.2, 0.25) is 5.69 Å². The number of fused-ring (bicyclic) bond motifs is 5. The molecule has 30 heavy (non-hydrogen) atoms. The lowest BCUT2D eigenvalue weighted by atomic mass is 9.52. The molecule has 0 radical (unpaired) electrons. The van der Waals surface area contributed by atoms with Crippen molar-refractivity contribution in [3.8, 4) is 0 Å². The molecule has 1 aromatic heterocycles. The van der Waals surface area contributed by atoms with Gasteiger partial charge in [0.15, 0.2) is 0 Å². The third kappa shape index (κ3) is 2.75. The molecule has 0 saturated heterocycles. The zero-order valence-electron chi connectivity index (χ0n) is 17.2. The van der Waals surface area contributed by atoms with E-state index in [1.54, 1.807) is 18.5 Å². The SMILES string of the molecule is [C-]#[N+]c1ccc2c(c1F)CCC1C2CC[C@@]2(C)C1CC[C@@]2(O)Cc1ccncc1Cl. The average Bonchev–Trinajstić information content (AvgIpc) is 3.01. The minimum atomic E-state index is -0.785. The van der Waals surface area contributed by atoms with Crippen LogP contribution in [0.2, 0.25) is 5.02 Å². The van der Waals surface area contributed by atoms with Crippen molar-refractivity contribution in [2.24, 2.45) is 17.3 Å². The number of halogens is 2. The summed E-state index contributed by atoms with van der Waals surface area (Å²) in [6, 6.07) is 5.55. The van der Waals surface area contributed by atoms with Crippen LogP contribution < -0.4 is 0 Å². The van der Waals surface area contributed by atoms with E-state index in [1.807, 2.05) is 12.1 Å². The van der Waals surface area contributed by atoms with Crippen molar-refractivity contribution in [3.63, 3.8) is 0 Å². The third-order valence-electron chi connectivity index (χ3n) is 8.60. The summed E-state index contributed by atoms with van der Waals surface area (Å²) in [4.78, 5) is 7.41. The first-order valence-corrected chi connectivity index (χ1v) is 11.3. The first-order chi connectivity index (χ1) is 14.4. The van der Waals surface area contributed by atoms with Crippen LogP contribution in [0.5, 0.6) is 0 Å². The summed E-state index contributed by atoms with van der Waals surface area (Å²) in [6.45, 7) is 9.46. The number of hydrogen-bond acceptors (Lipinski definition) is 2. The zero-order chi connectivity index (χ0) is 21.1. The van der Waals surface area contributed by atoms with Gasteiger partial charge in [-0.15, -0.1) is 0 Å². The van der Waals surface area contributed by atoms with Gasteiger partial charge in [-0.1, -0.05) is 30.7 Å². The number of nitrogens with zero attached hydrogens (tertiary/aromatic N) is 2. The van der Waals surface area contributed by atoms with Gasteiger partial charge in [0.25, 0.3) is 0 Å². The average molecular weight is 425 g/mol. The van der Waals surface area contributed by atoms with E-state index < -0.39 is 5.60 Å². The van der Waals surface area contributed by atoms with Gasteiger partial charge in [0.1, 0.15) is 5.82 Å². The van der Waals surface area contributed by atoms with E-state index in [0.717, 1.165) is 48.8 Å². The number of hydrogen-bond donors (Lipinski definition) is 1. The molecule has 0 aliphatic heterocycles. The smallest absolute Gasteiger partial charge is 0.222 e. The Hall–Kier alpha value is -1.96. The fraction of sp³-hybridized carbons (Fsp3) is 0.520. The molecule has 3 nitrogen and oxygen atoms in total.